The fourth-order valence-electron chi connectivity index (χ4n) is 3.50. The highest BCUT2D eigenvalue weighted by molar-refractivity contribution is 6.00. The zero-order chi connectivity index (χ0) is 16.0. The number of ether oxygens (including phenoxy) is 3. The molecule has 1 aromatic rings. The van der Waals surface area contributed by atoms with Crippen LogP contribution in [-0.4, -0.2) is 43.7 Å². The number of aliphatic hydroxyl groups excluding tert-OH is 1. The lowest BCUT2D eigenvalue weighted by atomic mass is 9.79. The molecule has 1 aliphatic carbocycles. The smallest absolute Gasteiger partial charge is 0.339 e. The lowest BCUT2D eigenvalue weighted by Crippen LogP contribution is -2.40. The number of carbonyl (C=O) groups excluding carboxylic acids is 1. The van der Waals surface area contributed by atoms with Gasteiger partial charge in [-0.2, -0.15) is 0 Å². The Hall–Kier alpha value is -2.05. The van der Waals surface area contributed by atoms with Crippen molar-refractivity contribution in [3.63, 3.8) is 0 Å². The molecule has 23 heavy (non-hydrogen) atoms. The molecule has 2 aliphatic heterocycles. The number of esters is 1. The van der Waals surface area contributed by atoms with Crippen molar-refractivity contribution in [2.24, 2.45) is 5.92 Å². The molecule has 4 rings (SSSR count). The minimum atomic E-state index is -0.681. The van der Waals surface area contributed by atoms with Crippen LogP contribution in [-0.2, 0) is 4.74 Å². The average Bonchev–Trinajstić information content (AvgIpc) is 3.00. The zero-order valence-electron chi connectivity index (χ0n) is 12.9. The summed E-state index contributed by atoms with van der Waals surface area (Å²) in [6, 6.07) is 3.49. The van der Waals surface area contributed by atoms with E-state index in [1.165, 1.54) is 0 Å². The molecular formula is C17H19NO5. The Balaban J connectivity index is 1.78. The van der Waals surface area contributed by atoms with Gasteiger partial charge in [-0.15, -0.1) is 0 Å². The quantitative estimate of drug-likeness (QED) is 0.819. The minimum absolute atomic E-state index is 0.156. The predicted molar refractivity (Wildman–Crippen MR) is 82.4 cm³/mol. The number of aliphatic hydroxyl groups is 1. The van der Waals surface area contributed by atoms with Gasteiger partial charge in [0.2, 0.25) is 6.79 Å². The number of hydrogen-bond donors (Lipinski definition) is 2. The number of benzene rings is 1. The highest BCUT2D eigenvalue weighted by atomic mass is 16.7. The zero-order valence-corrected chi connectivity index (χ0v) is 12.9. The second-order valence-corrected chi connectivity index (χ2v) is 6.15. The summed E-state index contributed by atoms with van der Waals surface area (Å²) in [6.07, 6.45) is 2.38. The van der Waals surface area contributed by atoms with Crippen LogP contribution in [0.15, 0.2) is 18.2 Å². The summed E-state index contributed by atoms with van der Waals surface area (Å²) in [7, 11) is 1.91. The van der Waals surface area contributed by atoms with Gasteiger partial charge in [0, 0.05) is 0 Å². The summed E-state index contributed by atoms with van der Waals surface area (Å²) in [6.45, 7) is 1.03. The van der Waals surface area contributed by atoms with E-state index >= 15 is 0 Å². The van der Waals surface area contributed by atoms with E-state index in [0.717, 1.165) is 24.1 Å². The van der Waals surface area contributed by atoms with Crippen LogP contribution in [0.25, 0.3) is 5.57 Å². The molecular weight excluding hydrogens is 298 g/mol. The largest absolute Gasteiger partial charge is 0.454 e. The van der Waals surface area contributed by atoms with Gasteiger partial charge in [-0.25, -0.2) is 4.79 Å². The monoisotopic (exact) mass is 317 g/mol. The van der Waals surface area contributed by atoms with Crippen molar-refractivity contribution in [2.75, 3.05) is 20.4 Å². The molecule has 0 radical (unpaired) electrons. The van der Waals surface area contributed by atoms with Crippen LogP contribution in [0, 0.1) is 5.92 Å². The van der Waals surface area contributed by atoms with Gasteiger partial charge < -0.3 is 24.6 Å². The summed E-state index contributed by atoms with van der Waals surface area (Å²) >= 11 is 0. The number of fused-ring (bicyclic) bond motifs is 4. The fourth-order valence-corrected chi connectivity index (χ4v) is 3.50. The fraction of sp³-hybridized carbons (Fsp3) is 0.471. The molecule has 0 saturated heterocycles. The van der Waals surface area contributed by atoms with E-state index in [2.05, 4.69) is 11.4 Å². The Labute approximate surface area is 134 Å². The first-order chi connectivity index (χ1) is 11.2. The third-order valence-corrected chi connectivity index (χ3v) is 4.66. The van der Waals surface area contributed by atoms with Crippen LogP contribution in [0.4, 0.5) is 0 Å². The molecule has 6 heteroatoms. The van der Waals surface area contributed by atoms with Crippen LogP contribution in [0.5, 0.6) is 11.5 Å². The SMILES string of the molecule is CNCC[C@@H]1C=C2c3cc4c(cc3C(=O)O[C@H]2[C@@H](O)C1)OCO4. The predicted octanol–water partition coefficient (Wildman–Crippen LogP) is 1.33. The van der Waals surface area contributed by atoms with Crippen LogP contribution in [0.2, 0.25) is 0 Å². The van der Waals surface area contributed by atoms with Gasteiger partial charge >= 0.3 is 5.97 Å². The minimum Gasteiger partial charge on any atom is -0.454 e. The van der Waals surface area contributed by atoms with Gasteiger partial charge in [-0.05, 0) is 55.6 Å². The standard InChI is InChI=1S/C17H19NO5/c1-18-3-2-9-4-11-10-6-14-15(22-8-21-14)7-12(10)17(20)23-16(11)13(19)5-9/h4,6-7,9,13,16,18-19H,2-3,5,8H2,1H3/t9-,13+,16-/m1/s1. The number of carbonyl (C=O) groups is 1. The van der Waals surface area contributed by atoms with Crippen molar-refractivity contribution in [1.82, 2.24) is 5.32 Å². The topological polar surface area (TPSA) is 77.0 Å². The maximum absolute atomic E-state index is 12.3. The van der Waals surface area contributed by atoms with Gasteiger partial charge in [-0.3, -0.25) is 0 Å². The van der Waals surface area contributed by atoms with Crippen molar-refractivity contribution in [3.05, 3.63) is 29.3 Å². The third-order valence-electron chi connectivity index (χ3n) is 4.66. The molecule has 2 N–H and O–H groups in total. The van der Waals surface area contributed by atoms with E-state index in [0.29, 0.717) is 23.5 Å². The molecule has 6 nitrogen and oxygen atoms in total. The third kappa shape index (κ3) is 2.38. The van der Waals surface area contributed by atoms with Gasteiger partial charge in [0.05, 0.1) is 11.7 Å². The highest BCUT2D eigenvalue weighted by Gasteiger charge is 2.40. The Kier molecular flexibility index (Phi) is 3.50. The molecule has 3 atom stereocenters. The summed E-state index contributed by atoms with van der Waals surface area (Å²) in [5, 5.41) is 13.5. The summed E-state index contributed by atoms with van der Waals surface area (Å²) in [4.78, 5) is 12.3. The molecule has 0 aromatic heterocycles. The van der Waals surface area contributed by atoms with Crippen LogP contribution < -0.4 is 14.8 Å². The van der Waals surface area contributed by atoms with Crippen molar-refractivity contribution in [1.29, 1.82) is 0 Å². The Bertz CT molecular complexity index is 684. The van der Waals surface area contributed by atoms with Crippen molar-refractivity contribution < 1.29 is 24.1 Å². The Morgan fingerprint density at radius 3 is 2.74 bits per heavy atom. The van der Waals surface area contributed by atoms with Gasteiger partial charge in [-0.1, -0.05) is 6.08 Å². The molecule has 122 valence electrons. The highest BCUT2D eigenvalue weighted by Crippen LogP contribution is 2.44. The van der Waals surface area contributed by atoms with E-state index in [-0.39, 0.29) is 12.7 Å². The van der Waals surface area contributed by atoms with E-state index in [1.807, 2.05) is 13.1 Å². The molecule has 0 spiro atoms. The van der Waals surface area contributed by atoms with Crippen LogP contribution >= 0.6 is 0 Å². The van der Waals surface area contributed by atoms with E-state index in [4.69, 9.17) is 14.2 Å². The first-order valence-electron chi connectivity index (χ1n) is 7.86. The Morgan fingerprint density at radius 1 is 1.26 bits per heavy atom. The Morgan fingerprint density at radius 2 is 2.00 bits per heavy atom. The van der Waals surface area contributed by atoms with Crippen molar-refractivity contribution in [2.45, 2.75) is 25.0 Å². The number of nitrogens with one attached hydrogen (secondary N) is 1. The van der Waals surface area contributed by atoms with E-state index in [1.54, 1.807) is 6.07 Å². The number of rotatable bonds is 3. The molecule has 3 aliphatic rings. The lowest BCUT2D eigenvalue weighted by Gasteiger charge is -2.36. The first-order valence-corrected chi connectivity index (χ1v) is 7.86. The first kappa shape index (κ1) is 14.5. The summed E-state index contributed by atoms with van der Waals surface area (Å²) in [5.41, 5.74) is 2.12. The van der Waals surface area contributed by atoms with Crippen molar-refractivity contribution in [3.8, 4) is 11.5 Å². The van der Waals surface area contributed by atoms with Gasteiger partial charge in [0.25, 0.3) is 0 Å². The van der Waals surface area contributed by atoms with Crippen LogP contribution in [0.3, 0.4) is 0 Å². The van der Waals surface area contributed by atoms with Gasteiger partial charge in [0.15, 0.2) is 17.6 Å². The summed E-state index contributed by atoms with van der Waals surface area (Å²) in [5.74, 6) is 1.01. The maximum atomic E-state index is 12.3. The lowest BCUT2D eigenvalue weighted by molar-refractivity contribution is -0.00820. The molecule has 0 bridgehead atoms. The maximum Gasteiger partial charge on any atom is 0.339 e. The molecule has 0 amide bonds. The molecule has 1 aromatic carbocycles. The molecule has 0 unspecified atom stereocenters. The molecule has 2 heterocycles. The van der Waals surface area contributed by atoms with Gasteiger partial charge in [0.1, 0.15) is 0 Å². The van der Waals surface area contributed by atoms with Crippen LogP contribution in [0.1, 0.15) is 28.8 Å². The van der Waals surface area contributed by atoms with E-state index < -0.39 is 18.2 Å². The second-order valence-electron chi connectivity index (χ2n) is 6.15. The van der Waals surface area contributed by atoms with E-state index in [9.17, 15) is 9.90 Å². The average molecular weight is 317 g/mol. The number of hydrogen-bond acceptors (Lipinski definition) is 6. The number of allylic oxidation sites excluding steroid dienone is 1. The second kappa shape index (κ2) is 5.54. The molecule has 0 saturated carbocycles. The van der Waals surface area contributed by atoms with Crippen molar-refractivity contribution >= 4 is 11.5 Å². The summed E-state index contributed by atoms with van der Waals surface area (Å²) < 4.78 is 16.2. The normalized spacial score (nSPS) is 27.8. The molecule has 0 fully saturated rings.